The van der Waals surface area contributed by atoms with Gasteiger partial charge in [-0.3, -0.25) is 14.4 Å². The normalized spacial score (nSPS) is 19.6. The van der Waals surface area contributed by atoms with Crippen LogP contribution in [0.2, 0.25) is 0 Å². The first kappa shape index (κ1) is 24.8. The number of benzene rings is 1. The van der Waals surface area contributed by atoms with Crippen LogP contribution in [0, 0.1) is 5.92 Å². The number of nitrogens with zero attached hydrogens (tertiary/aromatic N) is 3. The lowest BCUT2D eigenvalue weighted by Gasteiger charge is -2.26. The fourth-order valence-corrected chi connectivity index (χ4v) is 4.41. The molecule has 2 heterocycles. The van der Waals surface area contributed by atoms with Crippen molar-refractivity contribution in [2.45, 2.75) is 32.2 Å². The molecule has 1 aliphatic heterocycles. The van der Waals surface area contributed by atoms with Gasteiger partial charge in [0, 0.05) is 24.7 Å². The van der Waals surface area contributed by atoms with Gasteiger partial charge in [0.2, 0.25) is 5.91 Å². The number of nitrogens with one attached hydrogen (secondary N) is 1. The van der Waals surface area contributed by atoms with Gasteiger partial charge < -0.3 is 25.4 Å². The first-order valence-electron chi connectivity index (χ1n) is 12.6. The van der Waals surface area contributed by atoms with Crippen molar-refractivity contribution in [3.63, 3.8) is 0 Å². The van der Waals surface area contributed by atoms with Gasteiger partial charge in [0.05, 0.1) is 36.6 Å². The number of ether oxygens (including phenoxy) is 2. The Morgan fingerprint density at radius 1 is 1.22 bits per heavy atom. The van der Waals surface area contributed by atoms with E-state index >= 15 is 0 Å². The number of rotatable bonds is 8. The molecule has 10 nitrogen and oxygen atoms in total. The average molecular weight is 506 g/mol. The number of nitrogens with two attached hydrogens (primary N) is 1. The second-order valence-corrected chi connectivity index (χ2v) is 9.56. The predicted octanol–water partition coefficient (Wildman–Crippen LogP) is 2.02. The van der Waals surface area contributed by atoms with Gasteiger partial charge in [0.15, 0.2) is 12.4 Å². The molecule has 1 unspecified atom stereocenters. The summed E-state index contributed by atoms with van der Waals surface area (Å²) >= 11 is 0. The Balaban J connectivity index is 1.29. The van der Waals surface area contributed by atoms with Crippen LogP contribution in [0.15, 0.2) is 48.2 Å². The number of nitrogen functional groups attached to an aromatic ring is 1. The quantitative estimate of drug-likeness (QED) is 0.525. The van der Waals surface area contributed by atoms with Gasteiger partial charge >= 0.3 is 0 Å². The van der Waals surface area contributed by atoms with E-state index < -0.39 is 0 Å². The van der Waals surface area contributed by atoms with Gasteiger partial charge in [-0.2, -0.15) is 5.10 Å². The van der Waals surface area contributed by atoms with Gasteiger partial charge in [-0.25, -0.2) is 4.68 Å². The van der Waals surface area contributed by atoms with E-state index in [9.17, 15) is 14.4 Å². The van der Waals surface area contributed by atoms with Crippen molar-refractivity contribution in [2.75, 3.05) is 38.6 Å². The standard InChI is InChI=1S/C27H31N5O5/c1-17-5-6-19(27(35)30-20-7-8-20)14-23(17)32-26(28)22(15-29-32)25(34)18-3-2-4-21(13-18)37-16-24(33)31-9-11-36-12-10-31/h2-5,13-15,19-20H,6-12,16,28H2,1H3,(H,30,35). The Morgan fingerprint density at radius 2 is 2.00 bits per heavy atom. The fraction of sp³-hybridized carbons (Fsp3) is 0.407. The molecular weight excluding hydrogens is 474 g/mol. The number of carbonyl (C=O) groups excluding carboxylic acids is 3. The summed E-state index contributed by atoms with van der Waals surface area (Å²) in [4.78, 5) is 40.0. The van der Waals surface area contributed by atoms with E-state index in [1.165, 1.54) is 10.9 Å². The maximum Gasteiger partial charge on any atom is 0.260 e. The Morgan fingerprint density at radius 3 is 2.76 bits per heavy atom. The van der Waals surface area contributed by atoms with E-state index in [0.717, 1.165) is 18.4 Å². The van der Waals surface area contributed by atoms with E-state index in [4.69, 9.17) is 15.2 Å². The van der Waals surface area contributed by atoms with Crippen LogP contribution in [-0.2, 0) is 14.3 Å². The lowest BCUT2D eigenvalue weighted by molar-refractivity contribution is -0.137. The van der Waals surface area contributed by atoms with E-state index in [1.807, 2.05) is 19.1 Å². The summed E-state index contributed by atoms with van der Waals surface area (Å²) < 4.78 is 12.4. The van der Waals surface area contributed by atoms with Crippen molar-refractivity contribution in [3.8, 4) is 5.75 Å². The summed E-state index contributed by atoms with van der Waals surface area (Å²) in [7, 11) is 0. The molecule has 194 valence electrons. The molecule has 2 aliphatic carbocycles. The molecule has 0 bridgehead atoms. The van der Waals surface area contributed by atoms with Gasteiger partial charge in [0.25, 0.3) is 5.91 Å². The lowest BCUT2D eigenvalue weighted by atomic mass is 9.94. The molecule has 2 fully saturated rings. The Labute approximate surface area is 215 Å². The molecule has 0 spiro atoms. The highest BCUT2D eigenvalue weighted by Crippen LogP contribution is 2.31. The summed E-state index contributed by atoms with van der Waals surface area (Å²) in [6, 6.07) is 6.94. The van der Waals surface area contributed by atoms with Crippen molar-refractivity contribution >= 4 is 29.1 Å². The zero-order chi connectivity index (χ0) is 25.9. The number of amides is 2. The number of ketones is 1. The van der Waals surface area contributed by atoms with Crippen LogP contribution in [0.25, 0.3) is 5.70 Å². The van der Waals surface area contributed by atoms with Crippen LogP contribution in [0.3, 0.4) is 0 Å². The molecule has 5 rings (SSSR count). The molecule has 1 saturated heterocycles. The minimum Gasteiger partial charge on any atom is -0.484 e. The zero-order valence-corrected chi connectivity index (χ0v) is 20.8. The molecule has 2 aromatic rings. The molecule has 10 heteroatoms. The number of hydrogen-bond donors (Lipinski definition) is 2. The van der Waals surface area contributed by atoms with Crippen LogP contribution in [0.1, 0.15) is 42.1 Å². The van der Waals surface area contributed by atoms with Crippen LogP contribution in [0.4, 0.5) is 5.82 Å². The third-order valence-corrected chi connectivity index (χ3v) is 6.80. The summed E-state index contributed by atoms with van der Waals surface area (Å²) in [5.74, 6) is -0.142. The highest BCUT2D eigenvalue weighted by Gasteiger charge is 2.29. The highest BCUT2D eigenvalue weighted by atomic mass is 16.5. The van der Waals surface area contributed by atoms with Crippen LogP contribution in [0.5, 0.6) is 5.75 Å². The van der Waals surface area contributed by atoms with Gasteiger partial charge in [-0.1, -0.05) is 18.2 Å². The first-order chi connectivity index (χ1) is 17.9. The number of allylic oxidation sites excluding steroid dienone is 3. The number of morpholine rings is 1. The largest absolute Gasteiger partial charge is 0.484 e. The molecule has 3 N–H and O–H groups in total. The van der Waals surface area contributed by atoms with Crippen molar-refractivity contribution < 1.29 is 23.9 Å². The third-order valence-electron chi connectivity index (χ3n) is 6.80. The second kappa shape index (κ2) is 10.6. The van der Waals surface area contributed by atoms with E-state index in [1.54, 1.807) is 29.2 Å². The maximum atomic E-state index is 13.3. The summed E-state index contributed by atoms with van der Waals surface area (Å²) in [5.41, 5.74) is 8.63. The number of hydrogen-bond acceptors (Lipinski definition) is 7. The van der Waals surface area contributed by atoms with Gasteiger partial charge in [-0.15, -0.1) is 0 Å². The molecule has 1 saturated carbocycles. The van der Waals surface area contributed by atoms with Gasteiger partial charge in [-0.05, 0) is 50.0 Å². The summed E-state index contributed by atoms with van der Waals surface area (Å²) in [6.45, 7) is 3.94. The average Bonchev–Trinajstić information content (AvgIpc) is 3.66. The van der Waals surface area contributed by atoms with Crippen LogP contribution in [-0.4, -0.2) is 71.2 Å². The SMILES string of the molecule is CC1=CCC(C(=O)NC2CC2)C=C1n1ncc(C(=O)c2cccc(OCC(=O)N3CCOCC3)c2)c1N. The minimum absolute atomic E-state index is 0.00491. The van der Waals surface area contributed by atoms with Crippen LogP contribution < -0.4 is 15.8 Å². The molecule has 1 atom stereocenters. The lowest BCUT2D eigenvalue weighted by Crippen LogP contribution is -2.42. The Bertz CT molecular complexity index is 1270. The highest BCUT2D eigenvalue weighted by molar-refractivity contribution is 6.12. The number of aromatic nitrogens is 2. The molecule has 0 radical (unpaired) electrons. The van der Waals surface area contributed by atoms with Crippen molar-refractivity contribution in [1.29, 1.82) is 0 Å². The van der Waals surface area contributed by atoms with E-state index in [2.05, 4.69) is 10.4 Å². The fourth-order valence-electron chi connectivity index (χ4n) is 4.41. The smallest absolute Gasteiger partial charge is 0.260 e. The molecule has 37 heavy (non-hydrogen) atoms. The zero-order valence-electron chi connectivity index (χ0n) is 20.8. The Kier molecular flexibility index (Phi) is 7.09. The van der Waals surface area contributed by atoms with Crippen molar-refractivity contribution in [1.82, 2.24) is 20.0 Å². The topological polar surface area (TPSA) is 129 Å². The van der Waals surface area contributed by atoms with Crippen LogP contribution >= 0.6 is 0 Å². The predicted molar refractivity (Wildman–Crippen MR) is 137 cm³/mol. The second-order valence-electron chi connectivity index (χ2n) is 9.56. The van der Waals surface area contributed by atoms with Crippen molar-refractivity contribution in [2.24, 2.45) is 5.92 Å². The van der Waals surface area contributed by atoms with E-state index in [0.29, 0.717) is 49.7 Å². The maximum absolute atomic E-state index is 13.3. The first-order valence-corrected chi connectivity index (χ1v) is 12.6. The summed E-state index contributed by atoms with van der Waals surface area (Å²) in [6.07, 6.45) is 7.96. The van der Waals surface area contributed by atoms with E-state index in [-0.39, 0.29) is 47.5 Å². The molecule has 2 amide bonds. The van der Waals surface area contributed by atoms with Gasteiger partial charge in [0.1, 0.15) is 11.6 Å². The number of anilines is 1. The number of carbonyl (C=O) groups is 3. The summed E-state index contributed by atoms with van der Waals surface area (Å²) in [5, 5.41) is 7.42. The molecule has 3 aliphatic rings. The Hall–Kier alpha value is -3.92. The van der Waals surface area contributed by atoms with Crippen molar-refractivity contribution in [3.05, 3.63) is 59.3 Å². The minimum atomic E-state index is -0.310. The molecule has 1 aromatic carbocycles. The molecular formula is C27H31N5O5. The monoisotopic (exact) mass is 505 g/mol. The molecule has 1 aromatic heterocycles. The third kappa shape index (κ3) is 5.59.